The minimum Gasteiger partial charge on any atom is -0.488 e. The number of hydrogen-bond acceptors (Lipinski definition) is 8. The van der Waals surface area contributed by atoms with Gasteiger partial charge in [0.05, 0.1) is 41.9 Å². The fraction of sp³-hybridized carbons (Fsp3) is 0.333. The van der Waals surface area contributed by atoms with Gasteiger partial charge in [-0.15, -0.1) is 0 Å². The van der Waals surface area contributed by atoms with Crippen LogP contribution in [0.15, 0.2) is 91.3 Å². The first-order chi connectivity index (χ1) is 27.8. The van der Waals surface area contributed by atoms with Crippen molar-refractivity contribution in [2.75, 3.05) is 13.1 Å². The van der Waals surface area contributed by atoms with Gasteiger partial charge in [-0.1, -0.05) is 61.6 Å². The van der Waals surface area contributed by atoms with E-state index >= 15 is 0 Å². The van der Waals surface area contributed by atoms with Crippen LogP contribution in [0.1, 0.15) is 85.5 Å². The standard InChI is InChI=1S/C45H46N8O4/c1-45(14-6-3-7-15-45)40(47)44(55)53-17-9-13-34(53)42-49-23-32(51-42)28-19-30-25-56-35-20-27(18-29-24-57-36(21-28)38(30)37(29)35)31-22-48-41(50-31)33-12-8-16-52(33)43(54)39(46)26-10-4-2-5-11-26/h2-7,10-11,14,18-23,33-34,39-40H,8-9,12-13,15-17,24-25,46-47H2,1H3,(H,48,50)(H,49,51)/t33-,34-,39+,40-,45?/m0/s1. The highest BCUT2D eigenvalue weighted by molar-refractivity contribution is 5.89. The summed E-state index contributed by atoms with van der Waals surface area (Å²) < 4.78 is 12.9. The third-order valence-corrected chi connectivity index (χ3v) is 12.6. The Balaban J connectivity index is 0.881. The van der Waals surface area contributed by atoms with Gasteiger partial charge < -0.3 is 40.7 Å². The third kappa shape index (κ3) is 6.05. The summed E-state index contributed by atoms with van der Waals surface area (Å²) in [6, 6.07) is 16.2. The van der Waals surface area contributed by atoms with Crippen molar-refractivity contribution in [2.24, 2.45) is 16.9 Å². The number of rotatable bonds is 8. The van der Waals surface area contributed by atoms with Crippen molar-refractivity contribution in [1.82, 2.24) is 29.7 Å². The number of nitrogens with one attached hydrogen (secondary N) is 2. The number of ether oxygens (including phenoxy) is 2. The van der Waals surface area contributed by atoms with Crippen LogP contribution >= 0.6 is 0 Å². The molecule has 2 fully saturated rings. The number of carbonyl (C=O) groups excluding carboxylic acids is 2. The average Bonchev–Trinajstić information content (AvgIpc) is 4.09. The molecular formula is C45H46N8O4. The van der Waals surface area contributed by atoms with Crippen molar-refractivity contribution in [3.8, 4) is 45.1 Å². The van der Waals surface area contributed by atoms with Crippen molar-refractivity contribution < 1.29 is 19.1 Å². The Labute approximate surface area is 331 Å². The molecule has 290 valence electrons. The molecule has 2 amide bonds. The molecule has 3 aromatic carbocycles. The third-order valence-electron chi connectivity index (χ3n) is 12.6. The predicted molar refractivity (Wildman–Crippen MR) is 215 cm³/mol. The van der Waals surface area contributed by atoms with E-state index in [1.807, 2.05) is 64.7 Å². The van der Waals surface area contributed by atoms with E-state index < -0.39 is 17.5 Å². The lowest BCUT2D eigenvalue weighted by atomic mass is 9.76. The Morgan fingerprint density at radius 1 is 0.789 bits per heavy atom. The number of imidazole rings is 2. The fourth-order valence-corrected chi connectivity index (χ4v) is 9.34. The average molecular weight is 763 g/mol. The predicted octanol–water partition coefficient (Wildman–Crippen LogP) is 6.80. The molecule has 12 heteroatoms. The van der Waals surface area contributed by atoms with Gasteiger partial charge in [0.1, 0.15) is 42.4 Å². The zero-order valence-corrected chi connectivity index (χ0v) is 31.9. The summed E-state index contributed by atoms with van der Waals surface area (Å²) in [6.45, 7) is 4.12. The summed E-state index contributed by atoms with van der Waals surface area (Å²) >= 11 is 0. The highest BCUT2D eigenvalue weighted by Gasteiger charge is 2.41. The van der Waals surface area contributed by atoms with Gasteiger partial charge in [0.15, 0.2) is 0 Å². The maximum atomic E-state index is 13.8. The Morgan fingerprint density at radius 2 is 1.35 bits per heavy atom. The molecule has 0 spiro atoms. The molecule has 12 nitrogen and oxygen atoms in total. The Kier molecular flexibility index (Phi) is 8.64. The molecule has 6 heterocycles. The number of nitrogens with zero attached hydrogens (tertiary/aromatic N) is 4. The second-order valence-corrected chi connectivity index (χ2v) is 16.2. The number of H-pyrrole nitrogens is 2. The van der Waals surface area contributed by atoms with Crippen LogP contribution in [0.25, 0.3) is 33.6 Å². The number of hydrogen-bond donors (Lipinski definition) is 4. The summed E-state index contributed by atoms with van der Waals surface area (Å²) in [6.07, 6.45) is 15.9. The van der Waals surface area contributed by atoms with E-state index in [0.717, 1.165) is 106 Å². The van der Waals surface area contributed by atoms with Gasteiger partial charge >= 0.3 is 0 Å². The zero-order chi connectivity index (χ0) is 38.8. The number of aromatic amines is 2. The van der Waals surface area contributed by atoms with E-state index in [-0.39, 0.29) is 23.9 Å². The minimum atomic E-state index is -0.719. The largest absolute Gasteiger partial charge is 0.488 e. The van der Waals surface area contributed by atoms with E-state index in [9.17, 15) is 9.59 Å². The van der Waals surface area contributed by atoms with E-state index in [1.54, 1.807) is 0 Å². The summed E-state index contributed by atoms with van der Waals surface area (Å²) in [5.74, 6) is 2.99. The van der Waals surface area contributed by atoms with Crippen molar-refractivity contribution in [1.29, 1.82) is 0 Å². The Morgan fingerprint density at radius 3 is 1.89 bits per heavy atom. The molecular weight excluding hydrogens is 717 g/mol. The zero-order valence-electron chi connectivity index (χ0n) is 31.9. The van der Waals surface area contributed by atoms with Crippen LogP contribution in [0.3, 0.4) is 0 Å². The van der Waals surface area contributed by atoms with Crippen molar-refractivity contribution in [3.05, 3.63) is 120 Å². The van der Waals surface area contributed by atoms with Gasteiger partial charge in [0, 0.05) is 51.9 Å². The second kappa shape index (κ2) is 13.9. The lowest BCUT2D eigenvalue weighted by molar-refractivity contribution is -0.136. The summed E-state index contributed by atoms with van der Waals surface area (Å²) in [5.41, 5.74) is 21.2. The van der Waals surface area contributed by atoms with Crippen LogP contribution in [0.5, 0.6) is 11.5 Å². The van der Waals surface area contributed by atoms with Crippen LogP contribution in [0.4, 0.5) is 0 Å². The van der Waals surface area contributed by atoms with E-state index in [0.29, 0.717) is 26.3 Å². The fourth-order valence-electron chi connectivity index (χ4n) is 9.34. The molecule has 0 bridgehead atoms. The maximum absolute atomic E-state index is 13.8. The first-order valence-corrected chi connectivity index (χ1v) is 20.0. The molecule has 2 aromatic heterocycles. The van der Waals surface area contributed by atoms with Crippen LogP contribution in [0, 0.1) is 5.41 Å². The first kappa shape index (κ1) is 35.4. The first-order valence-electron chi connectivity index (χ1n) is 20.0. The molecule has 57 heavy (non-hydrogen) atoms. The SMILES string of the molecule is CC1([C@@H](N)C(=O)N2CCC[C@H]2c2ncc(-c3cc4c5c(c3)OCc3cc(-c6cnc([C@@H]7CCCN7C(=O)[C@H](N)c7ccccc7)[nH]6)cc(c3-5)OC4)[nH]2)C=CC=CC1. The van der Waals surface area contributed by atoms with Gasteiger partial charge in [-0.05, 0) is 61.9 Å². The Bertz CT molecular complexity index is 2400. The normalized spacial score (nSPS) is 22.9. The van der Waals surface area contributed by atoms with Crippen LogP contribution in [0.2, 0.25) is 0 Å². The molecule has 0 radical (unpaired) electrons. The van der Waals surface area contributed by atoms with Gasteiger partial charge in [-0.25, -0.2) is 9.97 Å². The molecule has 2 saturated heterocycles. The van der Waals surface area contributed by atoms with Gasteiger partial charge in [-0.3, -0.25) is 9.59 Å². The molecule has 5 atom stereocenters. The molecule has 5 aromatic rings. The van der Waals surface area contributed by atoms with Crippen molar-refractivity contribution >= 4 is 11.8 Å². The molecule has 1 aliphatic carbocycles. The number of allylic oxidation sites excluding steroid dienone is 3. The molecule has 5 aliphatic rings. The number of likely N-dealkylation sites (tertiary alicyclic amines) is 2. The lowest BCUT2D eigenvalue weighted by Crippen LogP contribution is -2.51. The van der Waals surface area contributed by atoms with E-state index in [2.05, 4.69) is 53.3 Å². The number of benzene rings is 3. The minimum absolute atomic E-state index is 0.0380. The van der Waals surface area contributed by atoms with Gasteiger partial charge in [0.2, 0.25) is 11.8 Å². The quantitative estimate of drug-likeness (QED) is 0.134. The number of amides is 2. The molecule has 1 unspecified atom stereocenters. The topological polar surface area (TPSA) is 168 Å². The lowest BCUT2D eigenvalue weighted by Gasteiger charge is -2.36. The van der Waals surface area contributed by atoms with Crippen LogP contribution in [-0.4, -0.2) is 60.7 Å². The number of aromatic nitrogens is 4. The highest BCUT2D eigenvalue weighted by Crippen LogP contribution is 2.51. The maximum Gasteiger partial charge on any atom is 0.244 e. The van der Waals surface area contributed by atoms with E-state index in [1.165, 1.54) is 0 Å². The summed E-state index contributed by atoms with van der Waals surface area (Å²) in [4.78, 5) is 47.7. The van der Waals surface area contributed by atoms with E-state index in [4.69, 9.17) is 30.9 Å². The highest BCUT2D eigenvalue weighted by atomic mass is 16.5. The smallest absolute Gasteiger partial charge is 0.244 e. The van der Waals surface area contributed by atoms with Gasteiger partial charge in [-0.2, -0.15) is 0 Å². The molecule has 0 saturated carbocycles. The van der Waals surface area contributed by atoms with Crippen LogP contribution in [-0.2, 0) is 22.8 Å². The molecule has 6 N–H and O–H groups in total. The molecule has 10 rings (SSSR count). The van der Waals surface area contributed by atoms with Crippen molar-refractivity contribution in [2.45, 2.75) is 76.4 Å². The van der Waals surface area contributed by atoms with Crippen molar-refractivity contribution in [3.63, 3.8) is 0 Å². The summed E-state index contributed by atoms with van der Waals surface area (Å²) in [5, 5.41) is 0. The Hall–Kier alpha value is -5.98. The molecule has 4 aliphatic heterocycles. The van der Waals surface area contributed by atoms with Gasteiger partial charge in [0.25, 0.3) is 0 Å². The monoisotopic (exact) mass is 762 g/mol. The summed E-state index contributed by atoms with van der Waals surface area (Å²) in [7, 11) is 0. The number of nitrogens with two attached hydrogens (primary N) is 2. The second-order valence-electron chi connectivity index (χ2n) is 16.2. The van der Waals surface area contributed by atoms with Crippen LogP contribution < -0.4 is 20.9 Å². The number of carbonyl (C=O) groups is 2.